The van der Waals surface area contributed by atoms with Gasteiger partial charge in [-0.3, -0.25) is 0 Å². The molecule has 0 radical (unpaired) electrons. The summed E-state index contributed by atoms with van der Waals surface area (Å²) < 4.78 is 0. The van der Waals surface area contributed by atoms with Crippen LogP contribution < -0.4 is 5.32 Å². The third-order valence-corrected chi connectivity index (χ3v) is 6.95. The van der Waals surface area contributed by atoms with Crippen LogP contribution in [0.3, 0.4) is 0 Å². The van der Waals surface area contributed by atoms with Gasteiger partial charge in [0.15, 0.2) is 0 Å². The topological polar surface area (TPSA) is 12.0 Å². The van der Waals surface area contributed by atoms with Crippen LogP contribution in [-0.4, -0.2) is 12.6 Å². The van der Waals surface area contributed by atoms with Crippen molar-refractivity contribution in [2.45, 2.75) is 85.1 Å². The highest BCUT2D eigenvalue weighted by molar-refractivity contribution is 4.94. The summed E-state index contributed by atoms with van der Waals surface area (Å²) >= 11 is 0. The summed E-state index contributed by atoms with van der Waals surface area (Å²) in [5, 5.41) is 3.73. The van der Waals surface area contributed by atoms with Gasteiger partial charge in [-0.15, -0.1) is 0 Å². The first-order valence-corrected chi connectivity index (χ1v) is 9.66. The molecular formula is C20H37N. The molecule has 1 heteroatoms. The van der Waals surface area contributed by atoms with Crippen LogP contribution in [0.2, 0.25) is 0 Å². The first kappa shape index (κ1) is 15.8. The molecule has 3 aliphatic carbocycles. The summed E-state index contributed by atoms with van der Waals surface area (Å²) in [6, 6.07) is 0.642. The Labute approximate surface area is 132 Å². The quantitative estimate of drug-likeness (QED) is 0.729. The van der Waals surface area contributed by atoms with Gasteiger partial charge in [-0.2, -0.15) is 0 Å². The number of hydrogen-bond acceptors (Lipinski definition) is 1. The lowest BCUT2D eigenvalue weighted by Gasteiger charge is -2.43. The first-order chi connectivity index (χ1) is 9.93. The Morgan fingerprint density at radius 1 is 1.00 bits per heavy atom. The standard InChI is InChI=1S/C20H37N/c1-14(2)21-13-17-7-8-20(3,4)12-19(17)11-18-10-15-5-6-16(18)9-15/h14-19,21H,5-13H2,1-4H3. The Kier molecular flexibility index (Phi) is 4.69. The highest BCUT2D eigenvalue weighted by Gasteiger charge is 2.43. The fourth-order valence-corrected chi connectivity index (χ4v) is 5.78. The van der Waals surface area contributed by atoms with Crippen LogP contribution in [0.1, 0.15) is 79.1 Å². The molecule has 5 unspecified atom stereocenters. The van der Waals surface area contributed by atoms with Crippen molar-refractivity contribution < 1.29 is 0 Å². The van der Waals surface area contributed by atoms with Crippen LogP contribution in [0, 0.1) is 35.0 Å². The van der Waals surface area contributed by atoms with Crippen LogP contribution in [0.25, 0.3) is 0 Å². The van der Waals surface area contributed by atoms with Gasteiger partial charge in [0, 0.05) is 6.04 Å². The maximum absolute atomic E-state index is 3.73. The molecule has 5 atom stereocenters. The molecule has 3 fully saturated rings. The summed E-state index contributed by atoms with van der Waals surface area (Å²) in [5.41, 5.74) is 0.594. The van der Waals surface area contributed by atoms with Crippen LogP contribution in [0.15, 0.2) is 0 Å². The van der Waals surface area contributed by atoms with Gasteiger partial charge < -0.3 is 5.32 Å². The molecule has 0 aromatic carbocycles. The zero-order chi connectivity index (χ0) is 15.0. The zero-order valence-corrected chi connectivity index (χ0v) is 14.8. The molecule has 3 rings (SSSR count). The van der Waals surface area contributed by atoms with E-state index in [1.807, 2.05) is 0 Å². The van der Waals surface area contributed by atoms with Gasteiger partial charge in [-0.05, 0) is 86.5 Å². The molecule has 0 heterocycles. The van der Waals surface area contributed by atoms with Crippen LogP contribution in [0.5, 0.6) is 0 Å². The van der Waals surface area contributed by atoms with Crippen molar-refractivity contribution >= 4 is 0 Å². The number of fused-ring (bicyclic) bond motifs is 2. The fraction of sp³-hybridized carbons (Fsp3) is 1.00. The summed E-state index contributed by atoms with van der Waals surface area (Å²) in [6.45, 7) is 10.9. The lowest BCUT2D eigenvalue weighted by atomic mass is 9.64. The maximum atomic E-state index is 3.73. The Balaban J connectivity index is 1.59. The van der Waals surface area contributed by atoms with Crippen LogP contribution in [-0.2, 0) is 0 Å². The highest BCUT2D eigenvalue weighted by atomic mass is 14.9. The van der Waals surface area contributed by atoms with Crippen molar-refractivity contribution in [1.29, 1.82) is 0 Å². The highest BCUT2D eigenvalue weighted by Crippen LogP contribution is 2.53. The molecule has 0 spiro atoms. The zero-order valence-electron chi connectivity index (χ0n) is 14.8. The van der Waals surface area contributed by atoms with Crippen molar-refractivity contribution in [2.24, 2.45) is 35.0 Å². The number of rotatable bonds is 5. The van der Waals surface area contributed by atoms with Gasteiger partial charge in [-0.25, -0.2) is 0 Å². The Bertz CT molecular complexity index is 344. The van der Waals surface area contributed by atoms with Crippen LogP contribution in [0.4, 0.5) is 0 Å². The summed E-state index contributed by atoms with van der Waals surface area (Å²) in [7, 11) is 0. The lowest BCUT2D eigenvalue weighted by molar-refractivity contribution is 0.0864. The molecule has 3 aliphatic rings. The Hall–Kier alpha value is -0.0400. The van der Waals surface area contributed by atoms with E-state index >= 15 is 0 Å². The van der Waals surface area contributed by atoms with E-state index in [0.717, 1.165) is 29.6 Å². The van der Waals surface area contributed by atoms with Gasteiger partial charge in [0.25, 0.3) is 0 Å². The molecule has 0 aromatic heterocycles. The Morgan fingerprint density at radius 3 is 2.43 bits per heavy atom. The van der Waals surface area contributed by atoms with Crippen LogP contribution >= 0.6 is 0 Å². The van der Waals surface area contributed by atoms with E-state index in [1.165, 1.54) is 25.8 Å². The van der Waals surface area contributed by atoms with Gasteiger partial charge in [0.05, 0.1) is 0 Å². The van der Waals surface area contributed by atoms with Crippen molar-refractivity contribution in [1.82, 2.24) is 5.32 Å². The summed E-state index contributed by atoms with van der Waals surface area (Å²) in [5.74, 6) is 5.25. The minimum absolute atomic E-state index is 0.594. The SMILES string of the molecule is CC(C)NCC1CCC(C)(C)CC1CC1CC2CCC1C2. The van der Waals surface area contributed by atoms with E-state index in [-0.39, 0.29) is 0 Å². The molecule has 0 saturated heterocycles. The van der Waals surface area contributed by atoms with Crippen molar-refractivity contribution in [3.8, 4) is 0 Å². The second-order valence-corrected chi connectivity index (χ2v) is 9.66. The predicted molar refractivity (Wildman–Crippen MR) is 91.3 cm³/mol. The van der Waals surface area contributed by atoms with E-state index in [0.29, 0.717) is 11.5 Å². The van der Waals surface area contributed by atoms with E-state index in [4.69, 9.17) is 0 Å². The van der Waals surface area contributed by atoms with Crippen molar-refractivity contribution in [2.75, 3.05) is 6.54 Å². The monoisotopic (exact) mass is 291 g/mol. The number of nitrogens with one attached hydrogen (secondary N) is 1. The average Bonchev–Trinajstić information content (AvgIpc) is 2.99. The molecule has 0 aliphatic heterocycles. The normalized spacial score (nSPS) is 41.9. The van der Waals surface area contributed by atoms with E-state index in [2.05, 4.69) is 33.0 Å². The predicted octanol–water partition coefficient (Wildman–Crippen LogP) is 5.25. The van der Waals surface area contributed by atoms with Gasteiger partial charge >= 0.3 is 0 Å². The summed E-state index contributed by atoms with van der Waals surface area (Å²) in [4.78, 5) is 0. The summed E-state index contributed by atoms with van der Waals surface area (Å²) in [6.07, 6.45) is 12.2. The van der Waals surface area contributed by atoms with Gasteiger partial charge in [0.2, 0.25) is 0 Å². The fourth-order valence-electron chi connectivity index (χ4n) is 5.78. The molecular weight excluding hydrogens is 254 g/mol. The molecule has 2 bridgehead atoms. The van der Waals surface area contributed by atoms with E-state index in [9.17, 15) is 0 Å². The van der Waals surface area contributed by atoms with Gasteiger partial charge in [-0.1, -0.05) is 34.1 Å². The molecule has 122 valence electrons. The first-order valence-electron chi connectivity index (χ1n) is 9.66. The molecule has 21 heavy (non-hydrogen) atoms. The maximum Gasteiger partial charge on any atom is 0.00104 e. The minimum atomic E-state index is 0.594. The third-order valence-electron chi connectivity index (χ3n) is 6.95. The number of hydrogen-bond donors (Lipinski definition) is 1. The molecule has 1 N–H and O–H groups in total. The lowest BCUT2D eigenvalue weighted by Crippen LogP contribution is -2.39. The second-order valence-electron chi connectivity index (χ2n) is 9.66. The minimum Gasteiger partial charge on any atom is -0.314 e. The van der Waals surface area contributed by atoms with Crippen molar-refractivity contribution in [3.05, 3.63) is 0 Å². The Morgan fingerprint density at radius 2 is 1.81 bits per heavy atom. The molecule has 0 amide bonds. The van der Waals surface area contributed by atoms with Gasteiger partial charge in [0.1, 0.15) is 0 Å². The van der Waals surface area contributed by atoms with E-state index < -0.39 is 0 Å². The molecule has 1 nitrogen and oxygen atoms in total. The second kappa shape index (κ2) is 6.22. The molecule has 0 aromatic rings. The van der Waals surface area contributed by atoms with Crippen molar-refractivity contribution in [3.63, 3.8) is 0 Å². The largest absolute Gasteiger partial charge is 0.314 e. The average molecular weight is 292 g/mol. The smallest absolute Gasteiger partial charge is 0.00104 e. The molecule has 3 saturated carbocycles. The third kappa shape index (κ3) is 3.84. The van der Waals surface area contributed by atoms with E-state index in [1.54, 1.807) is 32.1 Å².